The molecule has 2 aliphatic heterocycles. The van der Waals surface area contributed by atoms with Gasteiger partial charge in [-0.05, 0) is 0 Å². The van der Waals surface area contributed by atoms with Gasteiger partial charge in [0.25, 0.3) is 0 Å². The predicted octanol–water partition coefficient (Wildman–Crippen LogP) is 2.99. The Kier molecular flexibility index (Phi) is 3.67. The van der Waals surface area contributed by atoms with E-state index >= 15 is 0 Å². The summed E-state index contributed by atoms with van der Waals surface area (Å²) in [6, 6.07) is 0.845. The Hall–Kier alpha value is 0.390. The van der Waals surface area contributed by atoms with Crippen molar-refractivity contribution in [3.8, 4) is 0 Å². The van der Waals surface area contributed by atoms with Crippen molar-refractivity contribution in [1.82, 2.24) is 4.90 Å². The van der Waals surface area contributed by atoms with Crippen LogP contribution >= 0.6 is 7.26 Å². The molecule has 96 valence electrons. The number of hydrogen-bond donors (Lipinski definition) is 0. The molecule has 0 aromatic rings. The third-order valence-corrected chi connectivity index (χ3v) is 10.5. The third kappa shape index (κ3) is 2.06. The van der Waals surface area contributed by atoms with E-state index in [1.54, 1.807) is 12.3 Å². The molecule has 0 radical (unpaired) electrons. The Labute approximate surface area is 102 Å². The molecule has 16 heavy (non-hydrogen) atoms. The minimum atomic E-state index is -0.879. The maximum absolute atomic E-state index is 2.66. The van der Waals surface area contributed by atoms with Crippen LogP contribution in [-0.4, -0.2) is 49.7 Å². The van der Waals surface area contributed by atoms with E-state index in [9.17, 15) is 0 Å². The van der Waals surface area contributed by atoms with E-state index in [1.807, 2.05) is 0 Å². The molecule has 1 nitrogen and oxygen atoms in total. The molecular weight excluding hydrogens is 213 g/mol. The Morgan fingerprint density at radius 3 is 2.44 bits per heavy atom. The van der Waals surface area contributed by atoms with Gasteiger partial charge in [0.1, 0.15) is 0 Å². The van der Waals surface area contributed by atoms with Crippen LogP contribution in [0.15, 0.2) is 0 Å². The molecule has 2 rings (SSSR count). The van der Waals surface area contributed by atoms with Gasteiger partial charge in [0, 0.05) is 0 Å². The SMILES string of the molecule is CCC1C[PH](C)(CC)CC2C1CN(C)C2C. The number of rotatable bonds is 2. The van der Waals surface area contributed by atoms with E-state index in [2.05, 4.69) is 39.4 Å². The van der Waals surface area contributed by atoms with Crippen LogP contribution in [0.4, 0.5) is 0 Å². The molecule has 2 aliphatic rings. The molecule has 0 aliphatic carbocycles. The van der Waals surface area contributed by atoms with Crippen LogP contribution in [-0.2, 0) is 0 Å². The number of fused-ring (bicyclic) bond motifs is 1. The summed E-state index contributed by atoms with van der Waals surface area (Å²) in [7, 11) is 1.46. The van der Waals surface area contributed by atoms with Crippen LogP contribution in [0.5, 0.6) is 0 Å². The Morgan fingerprint density at radius 1 is 1.19 bits per heavy atom. The quantitative estimate of drug-likeness (QED) is 0.674. The summed E-state index contributed by atoms with van der Waals surface area (Å²) in [5.74, 6) is 3.10. The van der Waals surface area contributed by atoms with Gasteiger partial charge < -0.3 is 0 Å². The Morgan fingerprint density at radius 2 is 1.88 bits per heavy atom. The maximum atomic E-state index is 2.66. The number of nitrogens with zero attached hydrogens (tertiary/aromatic N) is 1. The zero-order valence-electron chi connectivity index (χ0n) is 11.8. The summed E-state index contributed by atoms with van der Waals surface area (Å²) in [4.78, 5) is 2.62. The summed E-state index contributed by atoms with van der Waals surface area (Å²) >= 11 is 0. The monoisotopic (exact) mass is 243 g/mol. The van der Waals surface area contributed by atoms with Crippen molar-refractivity contribution in [1.29, 1.82) is 0 Å². The second-order valence-corrected chi connectivity index (χ2v) is 11.9. The first-order valence-corrected chi connectivity index (χ1v) is 10.3. The topological polar surface area (TPSA) is 3.24 Å². The fourth-order valence-electron chi connectivity index (χ4n) is 4.31. The zero-order chi connectivity index (χ0) is 11.9. The first-order valence-electron chi connectivity index (χ1n) is 7.21. The summed E-state index contributed by atoms with van der Waals surface area (Å²) in [5, 5.41) is 0. The molecule has 2 saturated heterocycles. The molecular formula is C14H30NP. The summed E-state index contributed by atoms with van der Waals surface area (Å²) in [6.45, 7) is 11.4. The van der Waals surface area contributed by atoms with Gasteiger partial charge in [-0.25, -0.2) is 0 Å². The molecule has 0 bridgehead atoms. The normalized spacial score (nSPS) is 45.3. The van der Waals surface area contributed by atoms with Crippen LogP contribution < -0.4 is 0 Å². The predicted molar refractivity (Wildman–Crippen MR) is 77.4 cm³/mol. The molecule has 0 N–H and O–H groups in total. The Bertz CT molecular complexity index is 255. The van der Waals surface area contributed by atoms with Gasteiger partial charge in [-0.15, -0.1) is 0 Å². The zero-order valence-corrected chi connectivity index (χ0v) is 12.8. The third-order valence-electron chi connectivity index (χ3n) is 5.83. The molecule has 4 unspecified atom stereocenters. The fraction of sp³-hybridized carbons (Fsp3) is 1.00. The molecule has 0 aromatic carbocycles. The average molecular weight is 243 g/mol. The van der Waals surface area contributed by atoms with Gasteiger partial charge in [-0.2, -0.15) is 0 Å². The van der Waals surface area contributed by atoms with E-state index < -0.39 is 7.26 Å². The Balaban J connectivity index is 2.19. The minimum absolute atomic E-state index is 0.845. The molecule has 0 aromatic heterocycles. The van der Waals surface area contributed by atoms with Crippen LogP contribution in [0.1, 0.15) is 27.2 Å². The van der Waals surface area contributed by atoms with Gasteiger partial charge in [-0.1, -0.05) is 0 Å². The standard InChI is InChI=1S/C14H30NP/c1-6-12-9-16(5,7-2)10-14-11(3)15(4)8-13(12)14/h11-14,16H,6-10H2,1-5H3. The summed E-state index contributed by atoms with van der Waals surface area (Å²) in [6.07, 6.45) is 6.14. The second-order valence-electron chi connectivity index (χ2n) is 6.75. The van der Waals surface area contributed by atoms with Gasteiger partial charge in [0.2, 0.25) is 0 Å². The van der Waals surface area contributed by atoms with Crippen LogP contribution in [0.2, 0.25) is 0 Å². The van der Waals surface area contributed by atoms with Crippen LogP contribution in [0.25, 0.3) is 0 Å². The van der Waals surface area contributed by atoms with E-state index in [4.69, 9.17) is 0 Å². The molecule has 0 amide bonds. The molecule has 0 saturated carbocycles. The number of hydrogen-bond acceptors (Lipinski definition) is 1. The van der Waals surface area contributed by atoms with Gasteiger partial charge >= 0.3 is 102 Å². The second kappa shape index (κ2) is 4.58. The van der Waals surface area contributed by atoms with Crippen molar-refractivity contribution in [2.45, 2.75) is 33.2 Å². The summed E-state index contributed by atoms with van der Waals surface area (Å²) < 4.78 is 0. The van der Waals surface area contributed by atoms with E-state index in [-0.39, 0.29) is 0 Å². The van der Waals surface area contributed by atoms with Crippen molar-refractivity contribution in [3.63, 3.8) is 0 Å². The molecule has 2 heterocycles. The summed E-state index contributed by atoms with van der Waals surface area (Å²) in [5.41, 5.74) is 0. The van der Waals surface area contributed by atoms with Crippen molar-refractivity contribution < 1.29 is 0 Å². The van der Waals surface area contributed by atoms with E-state index in [1.165, 1.54) is 19.1 Å². The molecule has 2 heteroatoms. The van der Waals surface area contributed by atoms with Crippen molar-refractivity contribution >= 4 is 7.26 Å². The van der Waals surface area contributed by atoms with Gasteiger partial charge in [0.05, 0.1) is 0 Å². The first kappa shape index (κ1) is 12.8. The van der Waals surface area contributed by atoms with E-state index in [0.29, 0.717) is 0 Å². The van der Waals surface area contributed by atoms with Gasteiger partial charge in [0.15, 0.2) is 0 Å². The fourth-order valence-corrected chi connectivity index (χ4v) is 8.70. The average Bonchev–Trinajstić information content (AvgIpc) is 2.55. The van der Waals surface area contributed by atoms with Crippen LogP contribution in [0.3, 0.4) is 0 Å². The van der Waals surface area contributed by atoms with Crippen molar-refractivity contribution in [3.05, 3.63) is 0 Å². The van der Waals surface area contributed by atoms with Crippen molar-refractivity contribution in [2.75, 3.05) is 38.7 Å². The molecule has 4 atom stereocenters. The van der Waals surface area contributed by atoms with Gasteiger partial charge in [-0.3, -0.25) is 0 Å². The van der Waals surface area contributed by atoms with Crippen molar-refractivity contribution in [2.24, 2.45) is 17.8 Å². The first-order chi connectivity index (χ1) is 7.50. The van der Waals surface area contributed by atoms with E-state index in [0.717, 1.165) is 23.8 Å². The molecule has 0 spiro atoms. The molecule has 2 fully saturated rings. The van der Waals surface area contributed by atoms with Crippen LogP contribution in [0, 0.1) is 17.8 Å². The number of likely N-dealkylation sites (tertiary alicyclic amines) is 1.